The highest BCUT2D eigenvalue weighted by Gasteiger charge is 2.30. The Morgan fingerprint density at radius 2 is 2.25 bits per heavy atom. The largest absolute Gasteiger partial charge is 0.465 e. The van der Waals surface area contributed by atoms with Gasteiger partial charge in [0.15, 0.2) is 0 Å². The van der Waals surface area contributed by atoms with E-state index in [9.17, 15) is 9.59 Å². The van der Waals surface area contributed by atoms with E-state index in [1.54, 1.807) is 24.4 Å². The topological polar surface area (TPSA) is 48.3 Å². The number of hydrogen-bond donors (Lipinski definition) is 0. The standard InChI is InChI=1S/C14H10ClNO3S/c1-19-14(18)12-10(8-3-2-4-9(15)5-8)6-16-11(17)7-20-13(12)16/h2-6H,7H2,1H3. The molecule has 4 nitrogen and oxygen atoms in total. The number of methoxy groups -OCH3 is 1. The number of carbonyl (C=O) groups excluding carboxylic acids is 2. The first-order chi connectivity index (χ1) is 9.61. The molecule has 6 heteroatoms. The van der Waals surface area contributed by atoms with Crippen molar-refractivity contribution in [3.05, 3.63) is 41.0 Å². The molecule has 102 valence electrons. The van der Waals surface area contributed by atoms with Crippen molar-refractivity contribution < 1.29 is 14.3 Å². The van der Waals surface area contributed by atoms with Gasteiger partial charge >= 0.3 is 5.97 Å². The minimum absolute atomic E-state index is 0.0385. The molecule has 0 bridgehead atoms. The molecule has 3 rings (SSSR count). The number of aromatic nitrogens is 1. The summed E-state index contributed by atoms with van der Waals surface area (Å²) in [5.74, 6) is -0.144. The maximum Gasteiger partial charge on any atom is 0.341 e. The van der Waals surface area contributed by atoms with Crippen molar-refractivity contribution in [2.24, 2.45) is 0 Å². The maximum absolute atomic E-state index is 12.0. The number of carbonyl (C=O) groups is 2. The highest BCUT2D eigenvalue weighted by Crippen LogP contribution is 2.38. The Labute approximate surface area is 124 Å². The Balaban J connectivity index is 2.23. The zero-order valence-electron chi connectivity index (χ0n) is 10.6. The maximum atomic E-state index is 12.0. The van der Waals surface area contributed by atoms with Gasteiger partial charge in [-0.25, -0.2) is 4.79 Å². The average Bonchev–Trinajstić information content (AvgIpc) is 2.98. The van der Waals surface area contributed by atoms with Gasteiger partial charge in [-0.1, -0.05) is 35.5 Å². The van der Waals surface area contributed by atoms with E-state index in [2.05, 4.69) is 0 Å². The SMILES string of the molecule is COC(=O)c1c(-c2cccc(Cl)c2)cn2c1SCC2=O. The van der Waals surface area contributed by atoms with Crippen molar-refractivity contribution in [2.45, 2.75) is 5.03 Å². The van der Waals surface area contributed by atoms with Crippen LogP contribution in [0, 0.1) is 0 Å². The Bertz CT molecular complexity index is 723. The van der Waals surface area contributed by atoms with Crippen LogP contribution in [0.2, 0.25) is 5.02 Å². The first kappa shape index (κ1) is 13.3. The third kappa shape index (κ3) is 2.03. The monoisotopic (exact) mass is 307 g/mol. The minimum Gasteiger partial charge on any atom is -0.465 e. The molecular formula is C14H10ClNO3S. The van der Waals surface area contributed by atoms with Crippen LogP contribution in [0.1, 0.15) is 15.2 Å². The van der Waals surface area contributed by atoms with E-state index in [1.165, 1.54) is 23.4 Å². The quantitative estimate of drug-likeness (QED) is 0.798. The number of rotatable bonds is 2. The minimum atomic E-state index is -0.448. The number of halogens is 1. The van der Waals surface area contributed by atoms with Crippen LogP contribution in [0.25, 0.3) is 11.1 Å². The molecule has 0 amide bonds. The van der Waals surface area contributed by atoms with Gasteiger partial charge in [-0.05, 0) is 17.7 Å². The molecule has 0 radical (unpaired) electrons. The summed E-state index contributed by atoms with van der Waals surface area (Å²) in [5.41, 5.74) is 1.87. The second-order valence-corrected chi connectivity index (χ2v) is 5.68. The van der Waals surface area contributed by atoms with E-state index in [1.807, 2.05) is 6.07 Å². The smallest absolute Gasteiger partial charge is 0.341 e. The number of thioether (sulfide) groups is 1. The third-order valence-electron chi connectivity index (χ3n) is 3.09. The lowest BCUT2D eigenvalue weighted by molar-refractivity contribution is 0.0597. The van der Waals surface area contributed by atoms with Crippen LogP contribution in [0.3, 0.4) is 0 Å². The second-order valence-electron chi connectivity index (χ2n) is 4.28. The summed E-state index contributed by atoms with van der Waals surface area (Å²) in [6.07, 6.45) is 1.68. The summed E-state index contributed by atoms with van der Waals surface area (Å²) < 4.78 is 6.34. The van der Waals surface area contributed by atoms with Crippen molar-refractivity contribution in [1.29, 1.82) is 0 Å². The van der Waals surface area contributed by atoms with Crippen LogP contribution >= 0.6 is 23.4 Å². The molecule has 0 atom stereocenters. The van der Waals surface area contributed by atoms with Crippen molar-refractivity contribution in [1.82, 2.24) is 4.57 Å². The molecule has 0 aliphatic carbocycles. The third-order valence-corrected chi connectivity index (χ3v) is 4.39. The number of ether oxygens (including phenoxy) is 1. The fourth-order valence-corrected chi connectivity index (χ4v) is 3.41. The second kappa shape index (κ2) is 5.00. The fraction of sp³-hybridized carbons (Fsp3) is 0.143. The van der Waals surface area contributed by atoms with Gasteiger partial charge < -0.3 is 4.74 Å². The van der Waals surface area contributed by atoms with Crippen LogP contribution in [0.15, 0.2) is 35.5 Å². The summed E-state index contributed by atoms with van der Waals surface area (Å²) >= 11 is 7.33. The first-order valence-corrected chi connectivity index (χ1v) is 7.23. The molecule has 1 aliphatic heterocycles. The van der Waals surface area contributed by atoms with E-state index in [4.69, 9.17) is 16.3 Å². The lowest BCUT2D eigenvalue weighted by atomic mass is 10.1. The van der Waals surface area contributed by atoms with Gasteiger partial charge in [0.2, 0.25) is 5.91 Å². The Morgan fingerprint density at radius 1 is 1.45 bits per heavy atom. The number of esters is 1. The molecular weight excluding hydrogens is 298 g/mol. The molecule has 20 heavy (non-hydrogen) atoms. The van der Waals surface area contributed by atoms with Gasteiger partial charge in [0.05, 0.1) is 23.5 Å². The molecule has 2 heterocycles. The lowest BCUT2D eigenvalue weighted by Crippen LogP contribution is -2.05. The van der Waals surface area contributed by atoms with Gasteiger partial charge in [-0.15, -0.1) is 0 Å². The molecule has 2 aromatic rings. The van der Waals surface area contributed by atoms with E-state index in [0.29, 0.717) is 26.9 Å². The van der Waals surface area contributed by atoms with Gasteiger partial charge in [0.25, 0.3) is 0 Å². The Kier molecular flexibility index (Phi) is 3.31. The highest BCUT2D eigenvalue weighted by molar-refractivity contribution is 8.00. The average molecular weight is 308 g/mol. The predicted molar refractivity (Wildman–Crippen MR) is 77.6 cm³/mol. The fourth-order valence-electron chi connectivity index (χ4n) is 2.19. The van der Waals surface area contributed by atoms with Crippen LogP contribution in [-0.2, 0) is 4.74 Å². The van der Waals surface area contributed by atoms with Crippen LogP contribution in [0.5, 0.6) is 0 Å². The molecule has 0 saturated carbocycles. The van der Waals surface area contributed by atoms with Gasteiger partial charge in [0, 0.05) is 16.8 Å². The van der Waals surface area contributed by atoms with Gasteiger partial charge in [0.1, 0.15) is 0 Å². The van der Waals surface area contributed by atoms with E-state index < -0.39 is 5.97 Å². The Hall–Kier alpha value is -1.72. The normalized spacial score (nSPS) is 13.4. The summed E-state index contributed by atoms with van der Waals surface area (Å²) in [6.45, 7) is 0. The molecule has 1 aromatic heterocycles. The first-order valence-electron chi connectivity index (χ1n) is 5.87. The summed E-state index contributed by atoms with van der Waals surface area (Å²) in [7, 11) is 1.33. The molecule has 1 aromatic carbocycles. The van der Waals surface area contributed by atoms with Gasteiger partial charge in [-0.2, -0.15) is 0 Å². The zero-order valence-corrected chi connectivity index (χ0v) is 12.1. The number of hydrogen-bond acceptors (Lipinski definition) is 4. The van der Waals surface area contributed by atoms with Crippen LogP contribution in [-0.4, -0.2) is 29.3 Å². The lowest BCUT2D eigenvalue weighted by Gasteiger charge is -2.04. The summed E-state index contributed by atoms with van der Waals surface area (Å²) in [4.78, 5) is 23.8. The van der Waals surface area contributed by atoms with Crippen molar-refractivity contribution >= 4 is 35.2 Å². The summed E-state index contributed by atoms with van der Waals surface area (Å²) in [6, 6.07) is 7.16. The van der Waals surface area contributed by atoms with E-state index >= 15 is 0 Å². The molecule has 0 N–H and O–H groups in total. The van der Waals surface area contributed by atoms with Crippen molar-refractivity contribution in [3.63, 3.8) is 0 Å². The molecule has 0 unspecified atom stereocenters. The van der Waals surface area contributed by atoms with Crippen LogP contribution < -0.4 is 0 Å². The molecule has 0 fully saturated rings. The Morgan fingerprint density at radius 3 is 2.95 bits per heavy atom. The zero-order chi connectivity index (χ0) is 14.3. The number of nitrogens with zero attached hydrogens (tertiary/aromatic N) is 1. The highest BCUT2D eigenvalue weighted by atomic mass is 35.5. The summed E-state index contributed by atoms with van der Waals surface area (Å²) in [5, 5.41) is 1.21. The van der Waals surface area contributed by atoms with E-state index in [0.717, 1.165) is 5.56 Å². The molecule has 0 spiro atoms. The number of benzene rings is 1. The van der Waals surface area contributed by atoms with E-state index in [-0.39, 0.29) is 5.91 Å². The van der Waals surface area contributed by atoms with Crippen molar-refractivity contribution in [2.75, 3.05) is 12.9 Å². The number of fused-ring (bicyclic) bond motifs is 1. The van der Waals surface area contributed by atoms with Gasteiger partial charge in [-0.3, -0.25) is 9.36 Å². The molecule has 0 saturated heterocycles. The van der Waals surface area contributed by atoms with Crippen molar-refractivity contribution in [3.8, 4) is 11.1 Å². The predicted octanol–water partition coefficient (Wildman–Crippen LogP) is 3.34. The van der Waals surface area contributed by atoms with Crippen LogP contribution in [0.4, 0.5) is 0 Å². The molecule has 1 aliphatic rings.